The van der Waals surface area contributed by atoms with E-state index in [0.29, 0.717) is 6.54 Å². The second-order valence-electron chi connectivity index (χ2n) is 3.80. The number of rotatable bonds is 6. The van der Waals surface area contributed by atoms with Crippen LogP contribution in [0.15, 0.2) is 24.3 Å². The van der Waals surface area contributed by atoms with E-state index < -0.39 is 5.97 Å². The number of nitrogens with one attached hydrogen (secondary N) is 1. The van der Waals surface area contributed by atoms with Gasteiger partial charge in [-0.1, -0.05) is 38.0 Å². The molecule has 0 bridgehead atoms. The van der Waals surface area contributed by atoms with E-state index in [2.05, 4.69) is 12.2 Å². The summed E-state index contributed by atoms with van der Waals surface area (Å²) in [5.41, 5.74) is 0.0875. The lowest BCUT2D eigenvalue weighted by Gasteiger charge is -2.10. The van der Waals surface area contributed by atoms with E-state index >= 15 is 0 Å². The normalized spacial score (nSPS) is 9.94. The van der Waals surface area contributed by atoms with Gasteiger partial charge in [0.05, 0.1) is 5.97 Å². The number of hydrogen-bond acceptors (Lipinski definition) is 3. The lowest BCUT2D eigenvalue weighted by Crippen LogP contribution is -2.30. The Kier molecular flexibility index (Phi) is 5.20. The van der Waals surface area contributed by atoms with Crippen molar-refractivity contribution >= 4 is 11.9 Å². The number of carboxylic acid groups (broad SMARTS) is 1. The molecule has 0 fully saturated rings. The van der Waals surface area contributed by atoms with E-state index in [1.165, 1.54) is 12.1 Å². The Morgan fingerprint density at radius 3 is 2.41 bits per heavy atom. The van der Waals surface area contributed by atoms with E-state index in [1.807, 2.05) is 0 Å². The van der Waals surface area contributed by atoms with Crippen molar-refractivity contribution in [3.05, 3.63) is 35.4 Å². The fourth-order valence-corrected chi connectivity index (χ4v) is 1.53. The highest BCUT2D eigenvalue weighted by molar-refractivity contribution is 6.04. The Labute approximate surface area is 101 Å². The molecule has 0 atom stereocenters. The topological polar surface area (TPSA) is 69.2 Å². The average Bonchev–Trinajstić information content (AvgIpc) is 2.34. The number of unbranched alkanes of at least 4 members (excludes halogenated alkanes) is 2. The molecule has 0 spiro atoms. The minimum atomic E-state index is -1.33. The van der Waals surface area contributed by atoms with Crippen molar-refractivity contribution in [1.29, 1.82) is 0 Å². The highest BCUT2D eigenvalue weighted by atomic mass is 16.4. The van der Waals surface area contributed by atoms with Crippen LogP contribution in [0.5, 0.6) is 0 Å². The van der Waals surface area contributed by atoms with Gasteiger partial charge in [0.2, 0.25) is 0 Å². The predicted octanol–water partition coefficient (Wildman–Crippen LogP) is 0.970. The van der Waals surface area contributed by atoms with E-state index in [9.17, 15) is 14.7 Å². The molecule has 0 radical (unpaired) electrons. The number of carbonyl (C=O) groups excluding carboxylic acids is 2. The monoisotopic (exact) mass is 234 g/mol. The lowest BCUT2D eigenvalue weighted by molar-refractivity contribution is -0.255. The Morgan fingerprint density at radius 2 is 1.82 bits per heavy atom. The molecule has 0 aliphatic carbocycles. The molecule has 1 aromatic carbocycles. The summed E-state index contributed by atoms with van der Waals surface area (Å²) in [6, 6.07) is 6.06. The number of carbonyl (C=O) groups is 2. The molecule has 0 aliphatic rings. The van der Waals surface area contributed by atoms with Crippen LogP contribution < -0.4 is 10.4 Å². The third-order valence-electron chi connectivity index (χ3n) is 2.46. The number of amides is 1. The summed E-state index contributed by atoms with van der Waals surface area (Å²) >= 11 is 0. The molecule has 0 heterocycles. The summed E-state index contributed by atoms with van der Waals surface area (Å²) in [6.45, 7) is 2.64. The summed E-state index contributed by atoms with van der Waals surface area (Å²) in [5, 5.41) is 13.5. The van der Waals surface area contributed by atoms with Gasteiger partial charge in [0.15, 0.2) is 0 Å². The van der Waals surface area contributed by atoms with Crippen LogP contribution in [-0.4, -0.2) is 18.4 Å². The Morgan fingerprint density at radius 1 is 1.18 bits per heavy atom. The molecular weight excluding hydrogens is 218 g/mol. The van der Waals surface area contributed by atoms with Crippen molar-refractivity contribution in [2.75, 3.05) is 6.54 Å². The molecule has 92 valence electrons. The van der Waals surface area contributed by atoms with Crippen LogP contribution in [0.2, 0.25) is 0 Å². The van der Waals surface area contributed by atoms with Crippen molar-refractivity contribution in [3.8, 4) is 0 Å². The van der Waals surface area contributed by atoms with Gasteiger partial charge in [0.25, 0.3) is 5.91 Å². The molecule has 17 heavy (non-hydrogen) atoms. The molecule has 1 rings (SSSR count). The minimum absolute atomic E-state index is 0.0690. The van der Waals surface area contributed by atoms with Crippen LogP contribution in [0.4, 0.5) is 0 Å². The fraction of sp³-hybridized carbons (Fsp3) is 0.385. The van der Waals surface area contributed by atoms with Gasteiger partial charge in [-0.25, -0.2) is 0 Å². The first-order valence-corrected chi connectivity index (χ1v) is 5.75. The lowest BCUT2D eigenvalue weighted by atomic mass is 10.1. The van der Waals surface area contributed by atoms with Crippen LogP contribution in [0.1, 0.15) is 46.9 Å². The van der Waals surface area contributed by atoms with Gasteiger partial charge in [-0.2, -0.15) is 0 Å². The van der Waals surface area contributed by atoms with Gasteiger partial charge in [-0.05, 0) is 12.5 Å². The van der Waals surface area contributed by atoms with Gasteiger partial charge in [0.1, 0.15) is 0 Å². The Hall–Kier alpha value is -1.84. The van der Waals surface area contributed by atoms with Gasteiger partial charge < -0.3 is 15.2 Å². The summed E-state index contributed by atoms with van der Waals surface area (Å²) < 4.78 is 0. The largest absolute Gasteiger partial charge is 0.545 e. The Balaban J connectivity index is 2.65. The zero-order valence-corrected chi connectivity index (χ0v) is 9.86. The van der Waals surface area contributed by atoms with Crippen LogP contribution in [-0.2, 0) is 0 Å². The third kappa shape index (κ3) is 3.90. The maximum Gasteiger partial charge on any atom is 0.251 e. The van der Waals surface area contributed by atoms with Crippen LogP contribution in [0, 0.1) is 0 Å². The van der Waals surface area contributed by atoms with Crippen LogP contribution in [0.3, 0.4) is 0 Å². The molecule has 0 saturated heterocycles. The molecule has 0 unspecified atom stereocenters. The second-order valence-corrected chi connectivity index (χ2v) is 3.80. The van der Waals surface area contributed by atoms with Gasteiger partial charge in [-0.3, -0.25) is 4.79 Å². The summed E-state index contributed by atoms with van der Waals surface area (Å²) in [4.78, 5) is 22.5. The van der Waals surface area contributed by atoms with Crippen molar-refractivity contribution in [2.24, 2.45) is 0 Å². The molecule has 4 nitrogen and oxygen atoms in total. The highest BCUT2D eigenvalue weighted by Gasteiger charge is 2.10. The maximum atomic E-state index is 11.7. The zero-order valence-electron chi connectivity index (χ0n) is 9.86. The maximum absolute atomic E-state index is 11.7. The van der Waals surface area contributed by atoms with E-state index in [1.54, 1.807) is 12.1 Å². The summed E-state index contributed by atoms with van der Waals surface area (Å²) in [6.07, 6.45) is 3.02. The first kappa shape index (κ1) is 13.2. The number of aromatic carboxylic acids is 1. The summed E-state index contributed by atoms with van der Waals surface area (Å²) in [5.74, 6) is -1.69. The van der Waals surface area contributed by atoms with Crippen LogP contribution in [0.25, 0.3) is 0 Å². The third-order valence-corrected chi connectivity index (χ3v) is 2.46. The molecule has 0 saturated carbocycles. The van der Waals surface area contributed by atoms with Crippen LogP contribution >= 0.6 is 0 Å². The van der Waals surface area contributed by atoms with Crippen molar-refractivity contribution in [2.45, 2.75) is 26.2 Å². The quantitative estimate of drug-likeness (QED) is 0.746. The minimum Gasteiger partial charge on any atom is -0.545 e. The van der Waals surface area contributed by atoms with E-state index in [0.717, 1.165) is 19.3 Å². The molecule has 0 aromatic heterocycles. The second kappa shape index (κ2) is 6.68. The number of carboxylic acids is 1. The SMILES string of the molecule is CCCCCNC(=O)c1ccccc1C(=O)[O-]. The molecule has 1 aromatic rings. The average molecular weight is 234 g/mol. The predicted molar refractivity (Wildman–Crippen MR) is 62.6 cm³/mol. The first-order chi connectivity index (χ1) is 8.16. The molecular formula is C13H16NO3-. The number of hydrogen-bond donors (Lipinski definition) is 1. The zero-order chi connectivity index (χ0) is 12.7. The van der Waals surface area contributed by atoms with Gasteiger partial charge in [-0.15, -0.1) is 0 Å². The van der Waals surface area contributed by atoms with Gasteiger partial charge in [0, 0.05) is 17.7 Å². The smallest absolute Gasteiger partial charge is 0.251 e. The standard InChI is InChI=1S/C13H17NO3/c1-2-3-6-9-14-12(15)10-7-4-5-8-11(10)13(16)17/h4-5,7-8H,2-3,6,9H2,1H3,(H,14,15)(H,16,17)/p-1. The molecule has 0 aliphatic heterocycles. The number of benzene rings is 1. The van der Waals surface area contributed by atoms with E-state index in [4.69, 9.17) is 0 Å². The molecule has 1 N–H and O–H groups in total. The highest BCUT2D eigenvalue weighted by Crippen LogP contribution is 2.07. The van der Waals surface area contributed by atoms with E-state index in [-0.39, 0.29) is 17.0 Å². The van der Waals surface area contributed by atoms with Gasteiger partial charge >= 0.3 is 0 Å². The Bertz CT molecular complexity index is 401. The fourth-order valence-electron chi connectivity index (χ4n) is 1.53. The van der Waals surface area contributed by atoms with Crippen molar-refractivity contribution in [1.82, 2.24) is 5.32 Å². The van der Waals surface area contributed by atoms with Crippen molar-refractivity contribution in [3.63, 3.8) is 0 Å². The summed E-state index contributed by atoms with van der Waals surface area (Å²) in [7, 11) is 0. The first-order valence-electron chi connectivity index (χ1n) is 5.75. The molecule has 4 heteroatoms. The van der Waals surface area contributed by atoms with Crippen molar-refractivity contribution < 1.29 is 14.7 Å². The molecule has 1 amide bonds.